The van der Waals surface area contributed by atoms with Gasteiger partial charge in [-0.3, -0.25) is 0 Å². The first kappa shape index (κ1) is 16.2. The van der Waals surface area contributed by atoms with Crippen molar-refractivity contribution >= 4 is 23.2 Å². The summed E-state index contributed by atoms with van der Waals surface area (Å²) in [4.78, 5) is 0. The average molecular weight is 324 g/mol. The SMILES string of the molecule is CCNC(C)c1ccc(Oc2cc(Cl)ccc2C)c(Cl)c1. The molecule has 0 spiro atoms. The Morgan fingerprint density at radius 3 is 2.52 bits per heavy atom. The van der Waals surface area contributed by atoms with Gasteiger partial charge in [0.05, 0.1) is 5.02 Å². The topological polar surface area (TPSA) is 21.3 Å². The summed E-state index contributed by atoms with van der Waals surface area (Å²) in [5.74, 6) is 1.35. The second-order valence-corrected chi connectivity index (χ2v) is 5.82. The summed E-state index contributed by atoms with van der Waals surface area (Å²) < 4.78 is 5.88. The lowest BCUT2D eigenvalue weighted by Crippen LogP contribution is -2.17. The highest BCUT2D eigenvalue weighted by Crippen LogP contribution is 2.34. The lowest BCUT2D eigenvalue weighted by atomic mass is 10.1. The third kappa shape index (κ3) is 4.13. The highest BCUT2D eigenvalue weighted by Gasteiger charge is 2.10. The van der Waals surface area contributed by atoms with Crippen LogP contribution in [0.15, 0.2) is 36.4 Å². The molecule has 0 fully saturated rings. The van der Waals surface area contributed by atoms with Crippen molar-refractivity contribution in [2.24, 2.45) is 0 Å². The van der Waals surface area contributed by atoms with E-state index in [-0.39, 0.29) is 6.04 Å². The molecule has 112 valence electrons. The van der Waals surface area contributed by atoms with E-state index in [0.29, 0.717) is 15.8 Å². The predicted octanol–water partition coefficient (Wildman–Crippen LogP) is 5.76. The summed E-state index contributed by atoms with van der Waals surface area (Å²) >= 11 is 12.3. The van der Waals surface area contributed by atoms with E-state index in [0.717, 1.165) is 23.4 Å². The fraction of sp³-hybridized carbons (Fsp3) is 0.294. The average Bonchev–Trinajstić information content (AvgIpc) is 2.45. The number of rotatable bonds is 5. The quantitative estimate of drug-likeness (QED) is 0.754. The molecule has 21 heavy (non-hydrogen) atoms. The second-order valence-electron chi connectivity index (χ2n) is 4.98. The van der Waals surface area contributed by atoms with E-state index in [9.17, 15) is 0 Å². The van der Waals surface area contributed by atoms with Crippen molar-refractivity contribution < 1.29 is 4.74 Å². The van der Waals surface area contributed by atoms with Crippen LogP contribution >= 0.6 is 23.2 Å². The Balaban J connectivity index is 2.23. The van der Waals surface area contributed by atoms with Gasteiger partial charge >= 0.3 is 0 Å². The van der Waals surface area contributed by atoms with Gasteiger partial charge in [0.15, 0.2) is 0 Å². The van der Waals surface area contributed by atoms with Gasteiger partial charge in [0.1, 0.15) is 11.5 Å². The van der Waals surface area contributed by atoms with Gasteiger partial charge in [-0.2, -0.15) is 0 Å². The Hall–Kier alpha value is -1.22. The fourth-order valence-corrected chi connectivity index (χ4v) is 2.49. The van der Waals surface area contributed by atoms with Gasteiger partial charge in [0.2, 0.25) is 0 Å². The zero-order chi connectivity index (χ0) is 15.4. The number of halogens is 2. The molecule has 0 bridgehead atoms. The molecule has 2 nitrogen and oxygen atoms in total. The minimum Gasteiger partial charge on any atom is -0.455 e. The van der Waals surface area contributed by atoms with Crippen LogP contribution in [-0.4, -0.2) is 6.54 Å². The van der Waals surface area contributed by atoms with Crippen molar-refractivity contribution in [1.82, 2.24) is 5.32 Å². The molecule has 0 aliphatic rings. The molecule has 1 unspecified atom stereocenters. The lowest BCUT2D eigenvalue weighted by molar-refractivity contribution is 0.478. The lowest BCUT2D eigenvalue weighted by Gasteiger charge is -2.15. The van der Waals surface area contributed by atoms with Gasteiger partial charge in [-0.25, -0.2) is 0 Å². The summed E-state index contributed by atoms with van der Waals surface area (Å²) in [6.45, 7) is 7.08. The van der Waals surface area contributed by atoms with Crippen molar-refractivity contribution in [3.63, 3.8) is 0 Å². The van der Waals surface area contributed by atoms with Crippen LogP contribution in [0.3, 0.4) is 0 Å². The summed E-state index contributed by atoms with van der Waals surface area (Å²) in [5.41, 5.74) is 2.15. The normalized spacial score (nSPS) is 12.2. The van der Waals surface area contributed by atoms with Crippen LogP contribution in [-0.2, 0) is 0 Å². The van der Waals surface area contributed by atoms with Gasteiger partial charge in [0.25, 0.3) is 0 Å². The Labute approximate surface area is 136 Å². The zero-order valence-electron chi connectivity index (χ0n) is 12.4. The van der Waals surface area contributed by atoms with Gasteiger partial charge in [-0.1, -0.05) is 42.3 Å². The van der Waals surface area contributed by atoms with E-state index in [4.69, 9.17) is 27.9 Å². The molecule has 0 aliphatic heterocycles. The standard InChI is InChI=1S/C17H19Cl2NO/c1-4-20-12(3)13-6-8-16(15(19)9-13)21-17-10-14(18)7-5-11(17)2/h5-10,12,20H,4H2,1-3H3. The monoisotopic (exact) mass is 323 g/mol. The summed E-state index contributed by atoms with van der Waals surface area (Å²) in [6, 6.07) is 11.7. The molecule has 4 heteroatoms. The number of aryl methyl sites for hydroxylation is 1. The molecule has 0 aromatic heterocycles. The maximum atomic E-state index is 6.33. The van der Waals surface area contributed by atoms with Crippen LogP contribution in [0.5, 0.6) is 11.5 Å². The maximum Gasteiger partial charge on any atom is 0.146 e. The molecule has 0 saturated heterocycles. The minimum atomic E-state index is 0.259. The van der Waals surface area contributed by atoms with E-state index in [1.54, 1.807) is 6.07 Å². The van der Waals surface area contributed by atoms with Crippen LogP contribution in [0.1, 0.15) is 31.0 Å². The largest absolute Gasteiger partial charge is 0.455 e. The molecular formula is C17H19Cl2NO. The van der Waals surface area contributed by atoms with Crippen molar-refractivity contribution in [1.29, 1.82) is 0 Å². The number of ether oxygens (including phenoxy) is 1. The smallest absolute Gasteiger partial charge is 0.146 e. The second kappa shape index (κ2) is 7.17. The van der Waals surface area contributed by atoms with Crippen LogP contribution in [0.25, 0.3) is 0 Å². The van der Waals surface area contributed by atoms with Gasteiger partial charge in [0, 0.05) is 11.1 Å². The van der Waals surface area contributed by atoms with E-state index in [2.05, 4.69) is 19.2 Å². The summed E-state index contributed by atoms with van der Waals surface area (Å²) in [6.07, 6.45) is 0. The summed E-state index contributed by atoms with van der Waals surface area (Å²) in [5, 5.41) is 4.59. The van der Waals surface area contributed by atoms with Crippen LogP contribution in [0, 0.1) is 6.92 Å². The van der Waals surface area contributed by atoms with E-state index < -0.39 is 0 Å². The Morgan fingerprint density at radius 1 is 1.10 bits per heavy atom. The number of hydrogen-bond donors (Lipinski definition) is 1. The van der Waals surface area contributed by atoms with Crippen LogP contribution < -0.4 is 10.1 Å². The van der Waals surface area contributed by atoms with Crippen molar-refractivity contribution in [2.45, 2.75) is 26.8 Å². The first-order chi connectivity index (χ1) is 10.0. The van der Waals surface area contributed by atoms with E-state index >= 15 is 0 Å². The Kier molecular flexibility index (Phi) is 5.51. The number of benzene rings is 2. The molecule has 0 amide bonds. The van der Waals surface area contributed by atoms with Crippen LogP contribution in [0.2, 0.25) is 10.0 Å². The highest BCUT2D eigenvalue weighted by molar-refractivity contribution is 6.32. The van der Waals surface area contributed by atoms with Crippen LogP contribution in [0.4, 0.5) is 0 Å². The zero-order valence-corrected chi connectivity index (χ0v) is 13.9. The molecule has 2 aromatic carbocycles. The molecule has 1 N–H and O–H groups in total. The van der Waals surface area contributed by atoms with Crippen molar-refractivity contribution in [2.75, 3.05) is 6.54 Å². The van der Waals surface area contributed by atoms with Crippen molar-refractivity contribution in [3.8, 4) is 11.5 Å². The van der Waals surface area contributed by atoms with Gasteiger partial charge in [-0.05, 0) is 55.8 Å². The molecule has 2 aromatic rings. The fourth-order valence-electron chi connectivity index (χ4n) is 2.10. The van der Waals surface area contributed by atoms with Gasteiger partial charge < -0.3 is 10.1 Å². The third-order valence-corrected chi connectivity index (χ3v) is 3.87. The Bertz CT molecular complexity index is 628. The molecule has 0 aliphatic carbocycles. The molecule has 0 heterocycles. The summed E-state index contributed by atoms with van der Waals surface area (Å²) in [7, 11) is 0. The number of nitrogens with one attached hydrogen (secondary N) is 1. The Morgan fingerprint density at radius 2 is 1.86 bits per heavy atom. The minimum absolute atomic E-state index is 0.259. The first-order valence-corrected chi connectivity index (χ1v) is 7.73. The van der Waals surface area contributed by atoms with Crippen molar-refractivity contribution in [3.05, 3.63) is 57.6 Å². The van der Waals surface area contributed by atoms with Gasteiger partial charge in [-0.15, -0.1) is 0 Å². The molecule has 0 radical (unpaired) electrons. The van der Waals surface area contributed by atoms with E-state index in [1.807, 2.05) is 37.3 Å². The van der Waals surface area contributed by atoms with E-state index in [1.165, 1.54) is 0 Å². The molecule has 0 saturated carbocycles. The molecule has 1 atom stereocenters. The first-order valence-electron chi connectivity index (χ1n) is 6.98. The highest BCUT2D eigenvalue weighted by atomic mass is 35.5. The molecule has 2 rings (SSSR count). The maximum absolute atomic E-state index is 6.33. The molecular weight excluding hydrogens is 305 g/mol. The number of hydrogen-bond acceptors (Lipinski definition) is 2. The third-order valence-electron chi connectivity index (χ3n) is 3.34. The predicted molar refractivity (Wildman–Crippen MR) is 89.8 cm³/mol.